The summed E-state index contributed by atoms with van der Waals surface area (Å²) in [6.07, 6.45) is -2.24. The number of fused-ring (bicyclic) bond motifs is 2. The van der Waals surface area contributed by atoms with Gasteiger partial charge in [-0.05, 0) is 54.4 Å². The predicted molar refractivity (Wildman–Crippen MR) is 140 cm³/mol. The average Bonchev–Trinajstić information content (AvgIpc) is 3.43. The average molecular weight is 558 g/mol. The summed E-state index contributed by atoms with van der Waals surface area (Å²) in [7, 11) is 0. The highest BCUT2D eigenvalue weighted by atomic mass is 35.5. The van der Waals surface area contributed by atoms with Crippen molar-refractivity contribution in [2.24, 2.45) is 11.3 Å². The van der Waals surface area contributed by atoms with Crippen LogP contribution in [0.3, 0.4) is 0 Å². The Hall–Kier alpha value is -3.42. The molecule has 0 aliphatic heterocycles. The quantitative estimate of drug-likeness (QED) is 0.284. The molecule has 0 fully saturated rings. The molecule has 0 saturated heterocycles. The van der Waals surface area contributed by atoms with Gasteiger partial charge in [0.25, 0.3) is 5.91 Å². The number of amides is 1. The summed E-state index contributed by atoms with van der Waals surface area (Å²) in [5.74, 6) is -0.261. The van der Waals surface area contributed by atoms with Gasteiger partial charge < -0.3 is 5.32 Å². The third kappa shape index (κ3) is 4.88. The molecule has 0 unspecified atom stereocenters. The van der Waals surface area contributed by atoms with Crippen molar-refractivity contribution in [3.63, 3.8) is 0 Å². The van der Waals surface area contributed by atoms with Gasteiger partial charge in [0.15, 0.2) is 17.0 Å². The van der Waals surface area contributed by atoms with E-state index in [0.29, 0.717) is 31.6 Å². The van der Waals surface area contributed by atoms with Crippen LogP contribution in [0, 0.1) is 22.7 Å². The number of hydrogen-bond donors (Lipinski definition) is 1. The summed E-state index contributed by atoms with van der Waals surface area (Å²) in [5, 5.41) is 17.3. The normalized spacial score (nSPS) is 15.8. The standard InChI is InChI=1S/C27H23ClF3N5OS/c1-26(2,3)15-6-9-17-18(13-32)25(38-21(17)10-15)34-24(37)20-12-23-33-19(14-4-7-16(28)8-5-14)11-22(27(29,30)31)36(23)35-20/h4-5,7-8,11-12,15H,6,9-10H2,1-3H3,(H,34,37)/t15-/m0/s1. The van der Waals surface area contributed by atoms with Crippen molar-refractivity contribution in [2.45, 2.75) is 46.2 Å². The predicted octanol–water partition coefficient (Wildman–Crippen LogP) is 7.40. The molecule has 1 aliphatic rings. The fraction of sp³-hybridized carbons (Fsp3) is 0.333. The minimum absolute atomic E-state index is 0.0689. The van der Waals surface area contributed by atoms with E-state index in [1.165, 1.54) is 17.4 Å². The Morgan fingerprint density at radius 1 is 1.21 bits per heavy atom. The molecule has 0 bridgehead atoms. The van der Waals surface area contributed by atoms with Crippen molar-refractivity contribution in [3.8, 4) is 17.3 Å². The van der Waals surface area contributed by atoms with Crippen LogP contribution in [0.2, 0.25) is 5.02 Å². The number of benzene rings is 1. The second-order valence-corrected chi connectivity index (χ2v) is 12.0. The lowest BCUT2D eigenvalue weighted by atomic mass is 9.72. The van der Waals surface area contributed by atoms with Gasteiger partial charge in [-0.2, -0.15) is 23.5 Å². The maximum atomic E-state index is 13.9. The topological polar surface area (TPSA) is 83.1 Å². The lowest BCUT2D eigenvalue weighted by molar-refractivity contribution is -0.142. The zero-order chi connectivity index (χ0) is 27.4. The Bertz CT molecular complexity index is 1590. The number of hydrogen-bond acceptors (Lipinski definition) is 5. The number of rotatable bonds is 3. The molecule has 3 heterocycles. The highest BCUT2D eigenvalue weighted by molar-refractivity contribution is 7.16. The van der Waals surface area contributed by atoms with Gasteiger partial charge in [0.2, 0.25) is 0 Å². The molecule has 6 nitrogen and oxygen atoms in total. The first-order valence-corrected chi connectivity index (χ1v) is 13.1. The maximum Gasteiger partial charge on any atom is 0.433 e. The van der Waals surface area contributed by atoms with E-state index in [-0.39, 0.29) is 22.5 Å². The molecule has 0 radical (unpaired) electrons. The minimum Gasteiger partial charge on any atom is -0.311 e. The molecule has 4 aromatic rings. The van der Waals surface area contributed by atoms with Gasteiger partial charge in [-0.15, -0.1) is 11.3 Å². The lowest BCUT2D eigenvalue weighted by Gasteiger charge is -2.33. The first kappa shape index (κ1) is 26.2. The second-order valence-electron chi connectivity index (χ2n) is 10.4. The number of carbonyl (C=O) groups is 1. The zero-order valence-corrected chi connectivity index (χ0v) is 22.4. The molecule has 1 amide bonds. The van der Waals surface area contributed by atoms with Gasteiger partial charge in [0, 0.05) is 21.5 Å². The van der Waals surface area contributed by atoms with Crippen molar-refractivity contribution >= 4 is 39.5 Å². The van der Waals surface area contributed by atoms with Crippen LogP contribution in [0.15, 0.2) is 36.4 Å². The van der Waals surface area contributed by atoms with E-state index >= 15 is 0 Å². The SMILES string of the molecule is CC(C)(C)[C@H]1CCc2c(sc(NC(=O)c3cc4nc(-c5ccc(Cl)cc5)cc(C(F)(F)F)n4n3)c2C#N)C1. The van der Waals surface area contributed by atoms with Gasteiger partial charge in [0.1, 0.15) is 11.1 Å². The van der Waals surface area contributed by atoms with Crippen LogP contribution in [0.25, 0.3) is 16.9 Å². The Labute approximate surface area is 226 Å². The second kappa shape index (κ2) is 9.40. The molecule has 1 aromatic carbocycles. The molecule has 3 aromatic heterocycles. The Balaban J connectivity index is 1.50. The highest BCUT2D eigenvalue weighted by Gasteiger charge is 2.36. The van der Waals surface area contributed by atoms with Gasteiger partial charge in [-0.25, -0.2) is 9.50 Å². The van der Waals surface area contributed by atoms with Gasteiger partial charge >= 0.3 is 6.18 Å². The van der Waals surface area contributed by atoms with E-state index < -0.39 is 17.8 Å². The van der Waals surface area contributed by atoms with Crippen molar-refractivity contribution in [1.29, 1.82) is 5.26 Å². The van der Waals surface area contributed by atoms with E-state index in [4.69, 9.17) is 11.6 Å². The summed E-state index contributed by atoms with van der Waals surface area (Å²) >= 11 is 7.26. The van der Waals surface area contributed by atoms with Crippen LogP contribution >= 0.6 is 22.9 Å². The van der Waals surface area contributed by atoms with Crippen LogP contribution < -0.4 is 5.32 Å². The Morgan fingerprint density at radius 2 is 1.92 bits per heavy atom. The number of anilines is 1. The molecule has 0 spiro atoms. The number of carbonyl (C=O) groups excluding carboxylic acids is 1. The first-order valence-electron chi connectivity index (χ1n) is 11.9. The first-order chi connectivity index (χ1) is 17.8. The number of aromatic nitrogens is 3. The summed E-state index contributed by atoms with van der Waals surface area (Å²) in [5.41, 5.74) is 0.538. The van der Waals surface area contributed by atoms with Crippen LogP contribution in [0.1, 0.15) is 59.4 Å². The third-order valence-corrected chi connectivity index (χ3v) is 8.34. The zero-order valence-electron chi connectivity index (χ0n) is 20.8. The number of nitrogens with one attached hydrogen (secondary N) is 1. The fourth-order valence-corrected chi connectivity index (χ4v) is 6.15. The van der Waals surface area contributed by atoms with Gasteiger partial charge in [0.05, 0.1) is 11.3 Å². The van der Waals surface area contributed by atoms with Crippen LogP contribution in [-0.4, -0.2) is 20.5 Å². The van der Waals surface area contributed by atoms with Crippen molar-refractivity contribution in [2.75, 3.05) is 5.32 Å². The van der Waals surface area contributed by atoms with E-state index in [9.17, 15) is 23.2 Å². The molecular formula is C27H23ClF3N5OS. The van der Waals surface area contributed by atoms with E-state index in [1.807, 2.05) is 0 Å². The number of alkyl halides is 3. The molecule has 196 valence electrons. The molecule has 0 saturated carbocycles. The molecular weight excluding hydrogens is 535 g/mol. The number of nitrogens with zero attached hydrogens (tertiary/aromatic N) is 4. The van der Waals surface area contributed by atoms with Crippen molar-refractivity contribution < 1.29 is 18.0 Å². The Morgan fingerprint density at radius 3 is 2.55 bits per heavy atom. The number of halogens is 4. The van der Waals surface area contributed by atoms with E-state index in [1.54, 1.807) is 24.3 Å². The summed E-state index contributed by atoms with van der Waals surface area (Å²) in [4.78, 5) is 18.5. The third-order valence-electron chi connectivity index (χ3n) is 6.92. The Kier molecular flexibility index (Phi) is 6.48. The lowest BCUT2D eigenvalue weighted by Crippen LogP contribution is -2.26. The summed E-state index contributed by atoms with van der Waals surface area (Å²) in [6, 6.07) is 10.5. The molecule has 5 rings (SSSR count). The van der Waals surface area contributed by atoms with Crippen molar-refractivity contribution in [3.05, 3.63) is 68.8 Å². The van der Waals surface area contributed by atoms with Gasteiger partial charge in [-0.1, -0.05) is 44.5 Å². The maximum absolute atomic E-state index is 13.9. The molecule has 1 atom stereocenters. The van der Waals surface area contributed by atoms with Crippen LogP contribution in [0.5, 0.6) is 0 Å². The molecule has 38 heavy (non-hydrogen) atoms. The monoisotopic (exact) mass is 557 g/mol. The van der Waals surface area contributed by atoms with E-state index in [0.717, 1.165) is 35.8 Å². The minimum atomic E-state index is -4.74. The molecule has 11 heteroatoms. The summed E-state index contributed by atoms with van der Waals surface area (Å²) < 4.78 is 42.4. The molecule has 1 aliphatic carbocycles. The van der Waals surface area contributed by atoms with Crippen LogP contribution in [0.4, 0.5) is 18.2 Å². The largest absolute Gasteiger partial charge is 0.433 e. The number of thiophene rings is 1. The van der Waals surface area contributed by atoms with Crippen molar-refractivity contribution in [1.82, 2.24) is 14.6 Å². The van der Waals surface area contributed by atoms with E-state index in [2.05, 4.69) is 42.2 Å². The van der Waals surface area contributed by atoms with Gasteiger partial charge in [-0.3, -0.25) is 4.79 Å². The fourth-order valence-electron chi connectivity index (χ4n) is 4.75. The highest BCUT2D eigenvalue weighted by Crippen LogP contribution is 2.44. The summed E-state index contributed by atoms with van der Waals surface area (Å²) in [6.45, 7) is 6.57. The van der Waals surface area contributed by atoms with Crippen LogP contribution in [-0.2, 0) is 19.0 Å². The molecule has 1 N–H and O–H groups in total. The number of nitriles is 1. The smallest absolute Gasteiger partial charge is 0.311 e.